The maximum Gasteiger partial charge on any atom is 0.340 e. The van der Waals surface area contributed by atoms with Crippen LogP contribution in [0.5, 0.6) is 5.75 Å². The van der Waals surface area contributed by atoms with E-state index in [4.69, 9.17) is 10.5 Å². The molecule has 2 aromatic carbocycles. The molecule has 0 atom stereocenters. The van der Waals surface area contributed by atoms with Gasteiger partial charge in [-0.05, 0) is 57.1 Å². The van der Waals surface area contributed by atoms with E-state index in [1.54, 1.807) is 25.2 Å². The number of aromatic hydroxyl groups is 1. The number of fused-ring (bicyclic) bond motifs is 1. The van der Waals surface area contributed by atoms with Crippen molar-refractivity contribution in [1.82, 2.24) is 9.47 Å². The van der Waals surface area contributed by atoms with Gasteiger partial charge in [0.15, 0.2) is 0 Å². The van der Waals surface area contributed by atoms with Gasteiger partial charge in [-0.2, -0.15) is 0 Å². The number of ether oxygens (including phenoxy) is 1. The van der Waals surface area contributed by atoms with E-state index < -0.39 is 5.97 Å². The molecule has 0 saturated carbocycles. The summed E-state index contributed by atoms with van der Waals surface area (Å²) in [4.78, 5) is 15.2. The Bertz CT molecular complexity index is 1270. The molecular weight excluding hydrogens is 440 g/mol. The first-order valence-corrected chi connectivity index (χ1v) is 11.5. The second-order valence-corrected chi connectivity index (χ2v) is 8.42. The highest BCUT2D eigenvalue weighted by molar-refractivity contribution is 6.09. The Kier molecular flexibility index (Phi) is 8.39. The van der Waals surface area contributed by atoms with Crippen molar-refractivity contribution in [2.24, 2.45) is 12.8 Å². The topological polar surface area (TPSA) is 92.8 Å². The zero-order valence-corrected chi connectivity index (χ0v) is 20.8. The second-order valence-electron chi connectivity index (χ2n) is 8.42. The number of para-hydroxylation sites is 1. The van der Waals surface area contributed by atoms with Gasteiger partial charge in [0, 0.05) is 35.8 Å². The number of hydrogen-bond acceptors (Lipinski definition) is 6. The molecule has 35 heavy (non-hydrogen) atoms. The zero-order chi connectivity index (χ0) is 25.5. The molecule has 0 fully saturated rings. The van der Waals surface area contributed by atoms with Crippen LogP contribution in [0.15, 0.2) is 67.4 Å². The van der Waals surface area contributed by atoms with Crippen molar-refractivity contribution in [3.05, 3.63) is 89.8 Å². The van der Waals surface area contributed by atoms with Gasteiger partial charge >= 0.3 is 5.97 Å². The molecule has 0 aliphatic carbocycles. The molecule has 3 rings (SSSR count). The Hall–Kier alpha value is -3.97. The third kappa shape index (κ3) is 5.41. The van der Waals surface area contributed by atoms with Crippen molar-refractivity contribution in [3.63, 3.8) is 0 Å². The highest BCUT2D eigenvalue weighted by Crippen LogP contribution is 2.40. The number of phenolic OH excluding ortho intramolecular Hbond substituents is 1. The Labute approximate surface area is 206 Å². The minimum Gasteiger partial charge on any atom is -0.507 e. The number of hydrogen-bond donors (Lipinski definition) is 3. The largest absolute Gasteiger partial charge is 0.507 e. The van der Waals surface area contributed by atoms with Crippen LogP contribution >= 0.6 is 0 Å². The van der Waals surface area contributed by atoms with Crippen LogP contribution in [-0.2, 0) is 24.9 Å². The number of carbonyl (C=O) groups excluding carboxylic acids is 1. The van der Waals surface area contributed by atoms with Crippen LogP contribution in [0.2, 0.25) is 0 Å². The first-order chi connectivity index (χ1) is 16.8. The van der Waals surface area contributed by atoms with Crippen LogP contribution in [0.25, 0.3) is 16.5 Å². The Morgan fingerprint density at radius 1 is 1.29 bits per heavy atom. The molecule has 4 N–H and O–H groups in total. The van der Waals surface area contributed by atoms with E-state index in [2.05, 4.69) is 11.9 Å². The lowest BCUT2D eigenvalue weighted by Crippen LogP contribution is -2.14. The summed E-state index contributed by atoms with van der Waals surface area (Å²) in [5.74, 6) is -0.324. The summed E-state index contributed by atoms with van der Waals surface area (Å²) in [6.07, 6.45) is 6.58. The van der Waals surface area contributed by atoms with Gasteiger partial charge in [0.05, 0.1) is 29.9 Å². The number of esters is 1. The van der Waals surface area contributed by atoms with Gasteiger partial charge in [0.25, 0.3) is 0 Å². The van der Waals surface area contributed by atoms with E-state index in [-0.39, 0.29) is 12.4 Å². The Morgan fingerprint density at radius 2 is 2.00 bits per heavy atom. The number of rotatable bonds is 10. The average molecular weight is 475 g/mol. The SMILES string of the molecule is C=C/C=C(\C=C/N)c1cc2c(c(CN(C)C)c1O)c(C(=O)OCC)c(CNc1ccccc1)n2C. The van der Waals surface area contributed by atoms with Crippen LogP contribution in [0.4, 0.5) is 5.69 Å². The molecule has 0 aliphatic rings. The van der Waals surface area contributed by atoms with E-state index in [0.29, 0.717) is 40.7 Å². The van der Waals surface area contributed by atoms with Gasteiger partial charge in [-0.15, -0.1) is 0 Å². The highest BCUT2D eigenvalue weighted by atomic mass is 16.5. The minimum absolute atomic E-state index is 0.0936. The smallest absolute Gasteiger partial charge is 0.340 e. The molecule has 7 heteroatoms. The molecule has 3 aromatic rings. The van der Waals surface area contributed by atoms with Gasteiger partial charge in [-0.1, -0.05) is 36.9 Å². The Balaban J connectivity index is 2.35. The highest BCUT2D eigenvalue weighted by Gasteiger charge is 2.28. The van der Waals surface area contributed by atoms with Crippen LogP contribution in [0.3, 0.4) is 0 Å². The summed E-state index contributed by atoms with van der Waals surface area (Å²) < 4.78 is 7.45. The van der Waals surface area contributed by atoms with Crippen molar-refractivity contribution in [2.75, 3.05) is 26.0 Å². The molecule has 7 nitrogen and oxygen atoms in total. The Morgan fingerprint density at radius 3 is 2.60 bits per heavy atom. The molecule has 0 bridgehead atoms. The fourth-order valence-corrected chi connectivity index (χ4v) is 4.24. The van der Waals surface area contributed by atoms with Crippen molar-refractivity contribution >= 4 is 28.1 Å². The van der Waals surface area contributed by atoms with Crippen molar-refractivity contribution in [2.45, 2.75) is 20.0 Å². The van der Waals surface area contributed by atoms with Crippen LogP contribution < -0.4 is 11.1 Å². The molecule has 0 aliphatic heterocycles. The lowest BCUT2D eigenvalue weighted by Gasteiger charge is -2.17. The van der Waals surface area contributed by atoms with Gasteiger partial charge in [0.2, 0.25) is 0 Å². The van der Waals surface area contributed by atoms with Gasteiger partial charge < -0.3 is 30.4 Å². The molecule has 1 heterocycles. The molecule has 1 aromatic heterocycles. The van der Waals surface area contributed by atoms with Gasteiger partial charge in [-0.25, -0.2) is 4.79 Å². The van der Waals surface area contributed by atoms with Gasteiger partial charge in [-0.3, -0.25) is 0 Å². The molecule has 184 valence electrons. The number of aromatic nitrogens is 1. The number of carbonyl (C=O) groups is 1. The average Bonchev–Trinajstić information content (AvgIpc) is 3.11. The molecule has 0 unspecified atom stereocenters. The summed E-state index contributed by atoms with van der Waals surface area (Å²) in [5, 5.41) is 15.5. The summed E-state index contributed by atoms with van der Waals surface area (Å²) in [6.45, 7) is 6.65. The van der Waals surface area contributed by atoms with E-state index in [1.807, 2.05) is 67.0 Å². The van der Waals surface area contributed by atoms with E-state index in [9.17, 15) is 9.90 Å². The maximum atomic E-state index is 13.3. The zero-order valence-electron chi connectivity index (χ0n) is 20.8. The van der Waals surface area contributed by atoms with Crippen LogP contribution in [-0.4, -0.2) is 41.2 Å². The number of anilines is 1. The molecule has 0 saturated heterocycles. The number of nitrogens with two attached hydrogens (primary N) is 1. The number of aryl methyl sites for hydroxylation is 1. The minimum atomic E-state index is -0.418. The number of phenols is 1. The van der Waals surface area contributed by atoms with Crippen LogP contribution in [0, 0.1) is 0 Å². The monoisotopic (exact) mass is 474 g/mol. The number of nitrogens with zero attached hydrogens (tertiary/aromatic N) is 2. The fourth-order valence-electron chi connectivity index (χ4n) is 4.24. The molecule has 0 spiro atoms. The van der Waals surface area contributed by atoms with E-state index in [0.717, 1.165) is 16.9 Å². The second kappa shape index (κ2) is 11.4. The number of nitrogens with one attached hydrogen (secondary N) is 1. The fraction of sp³-hybridized carbons (Fsp3) is 0.250. The van der Waals surface area contributed by atoms with Crippen molar-refractivity contribution in [1.29, 1.82) is 0 Å². The lowest BCUT2D eigenvalue weighted by atomic mass is 9.95. The molecule has 0 radical (unpaired) electrons. The first kappa shape index (κ1) is 25.6. The predicted molar refractivity (Wildman–Crippen MR) is 143 cm³/mol. The quantitative estimate of drug-likeness (QED) is 0.289. The van der Waals surface area contributed by atoms with Crippen molar-refractivity contribution in [3.8, 4) is 5.75 Å². The number of allylic oxidation sites excluding steroid dienone is 4. The summed E-state index contributed by atoms with van der Waals surface area (Å²) >= 11 is 0. The maximum absolute atomic E-state index is 13.3. The molecular formula is C28H34N4O3. The third-order valence-corrected chi connectivity index (χ3v) is 5.76. The first-order valence-electron chi connectivity index (χ1n) is 11.5. The summed E-state index contributed by atoms with van der Waals surface area (Å²) in [5.41, 5.74) is 10.6. The van der Waals surface area contributed by atoms with E-state index >= 15 is 0 Å². The lowest BCUT2D eigenvalue weighted by molar-refractivity contribution is 0.0527. The van der Waals surface area contributed by atoms with E-state index in [1.165, 1.54) is 6.20 Å². The predicted octanol–water partition coefficient (Wildman–Crippen LogP) is 4.78. The standard InChI is InChI=1S/C28H34N4O3/c1-6-11-19(14-15-29)21-16-23-25(22(27(21)33)18-31(3)4)26(28(34)35-7-2)24(32(23)5)17-30-20-12-9-8-10-13-20/h6,8-16,30,33H,1,7,17-18,29H2,2-5H3/b15-14-,19-11+. The summed E-state index contributed by atoms with van der Waals surface area (Å²) in [7, 11) is 5.76. The van der Waals surface area contributed by atoms with Crippen LogP contribution in [0.1, 0.15) is 34.1 Å². The normalized spacial score (nSPS) is 12.0. The number of benzene rings is 2. The third-order valence-electron chi connectivity index (χ3n) is 5.76. The summed E-state index contributed by atoms with van der Waals surface area (Å²) in [6, 6.07) is 11.7. The van der Waals surface area contributed by atoms with Crippen molar-refractivity contribution < 1.29 is 14.6 Å². The molecule has 0 amide bonds. The van der Waals surface area contributed by atoms with Gasteiger partial charge in [0.1, 0.15) is 5.75 Å².